The van der Waals surface area contributed by atoms with Gasteiger partial charge in [-0.1, -0.05) is 15.9 Å². The van der Waals surface area contributed by atoms with Gasteiger partial charge in [0.15, 0.2) is 0 Å². The summed E-state index contributed by atoms with van der Waals surface area (Å²) in [5.74, 6) is 0. The van der Waals surface area contributed by atoms with Crippen LogP contribution in [-0.2, 0) is 13.5 Å². The van der Waals surface area contributed by atoms with E-state index < -0.39 is 0 Å². The van der Waals surface area contributed by atoms with E-state index in [4.69, 9.17) is 0 Å². The molecule has 13 heavy (non-hydrogen) atoms. The van der Waals surface area contributed by atoms with Gasteiger partial charge in [0.25, 0.3) is 0 Å². The predicted molar refractivity (Wildman–Crippen MR) is 58.2 cm³/mol. The molecule has 0 aromatic carbocycles. The van der Waals surface area contributed by atoms with Crippen molar-refractivity contribution in [3.05, 3.63) is 18.0 Å². The lowest BCUT2D eigenvalue weighted by atomic mass is 10.3. The highest BCUT2D eigenvalue weighted by Gasteiger charge is 2.00. The predicted octanol–water partition coefficient (Wildman–Crippen LogP) is 1.34. The van der Waals surface area contributed by atoms with E-state index in [9.17, 15) is 0 Å². The molecular formula is C9H16BrN3. The van der Waals surface area contributed by atoms with Gasteiger partial charge in [-0.15, -0.1) is 0 Å². The molecule has 4 heteroatoms. The van der Waals surface area contributed by atoms with Crippen molar-refractivity contribution in [2.45, 2.75) is 19.4 Å². The average molecular weight is 246 g/mol. The molecule has 1 N–H and O–H groups in total. The van der Waals surface area contributed by atoms with E-state index >= 15 is 0 Å². The largest absolute Gasteiger partial charge is 0.313 e. The summed E-state index contributed by atoms with van der Waals surface area (Å²) in [4.78, 5) is 0. The fourth-order valence-electron chi connectivity index (χ4n) is 1.15. The van der Waals surface area contributed by atoms with Crippen LogP contribution in [-0.4, -0.2) is 27.7 Å². The van der Waals surface area contributed by atoms with E-state index in [0.29, 0.717) is 6.04 Å². The summed E-state index contributed by atoms with van der Waals surface area (Å²) < 4.78 is 1.92. The fourth-order valence-corrected chi connectivity index (χ4v) is 1.38. The van der Waals surface area contributed by atoms with Crippen molar-refractivity contribution in [2.24, 2.45) is 7.05 Å². The third-order valence-corrected chi connectivity index (χ3v) is 3.00. The number of nitrogens with one attached hydrogen (secondary N) is 1. The Hall–Kier alpha value is -0.350. The molecule has 1 heterocycles. The summed E-state index contributed by atoms with van der Waals surface area (Å²) >= 11 is 3.43. The molecule has 1 aromatic heterocycles. The maximum absolute atomic E-state index is 4.11. The Kier molecular flexibility index (Phi) is 4.45. The van der Waals surface area contributed by atoms with Gasteiger partial charge in [-0.2, -0.15) is 5.10 Å². The molecule has 1 atom stereocenters. The molecule has 3 nitrogen and oxygen atoms in total. The van der Waals surface area contributed by atoms with Crippen LogP contribution in [0.3, 0.4) is 0 Å². The lowest BCUT2D eigenvalue weighted by molar-refractivity contribution is 0.583. The van der Waals surface area contributed by atoms with Crippen molar-refractivity contribution in [1.29, 1.82) is 0 Å². The minimum absolute atomic E-state index is 0.535. The van der Waals surface area contributed by atoms with Crippen LogP contribution in [0.5, 0.6) is 0 Å². The lowest BCUT2D eigenvalue weighted by Crippen LogP contribution is -2.29. The maximum atomic E-state index is 4.11. The molecule has 0 saturated heterocycles. The van der Waals surface area contributed by atoms with Crippen LogP contribution >= 0.6 is 15.9 Å². The molecule has 0 radical (unpaired) electrons. The number of aromatic nitrogens is 2. The highest BCUT2D eigenvalue weighted by Crippen LogP contribution is 1.97. The van der Waals surface area contributed by atoms with Gasteiger partial charge in [-0.05, 0) is 13.0 Å². The monoisotopic (exact) mass is 245 g/mol. The maximum Gasteiger partial charge on any atom is 0.0492 e. The number of nitrogens with zero attached hydrogens (tertiary/aromatic N) is 2. The summed E-state index contributed by atoms with van der Waals surface area (Å²) in [5.41, 5.74) is 1.27. The van der Waals surface area contributed by atoms with Gasteiger partial charge in [0.2, 0.25) is 0 Å². The minimum atomic E-state index is 0.535. The smallest absolute Gasteiger partial charge is 0.0492 e. The van der Waals surface area contributed by atoms with Crippen molar-refractivity contribution in [3.8, 4) is 0 Å². The normalized spacial score (nSPS) is 13.2. The Bertz CT molecular complexity index is 247. The Morgan fingerprint density at radius 1 is 1.69 bits per heavy atom. The molecule has 0 saturated carbocycles. The third-order valence-electron chi connectivity index (χ3n) is 2.03. The van der Waals surface area contributed by atoms with E-state index in [1.54, 1.807) is 0 Å². The van der Waals surface area contributed by atoms with Crippen molar-refractivity contribution in [2.75, 3.05) is 11.9 Å². The molecule has 0 spiro atoms. The number of halogens is 1. The second-order valence-electron chi connectivity index (χ2n) is 3.21. The van der Waals surface area contributed by atoms with Crippen molar-refractivity contribution in [3.63, 3.8) is 0 Å². The van der Waals surface area contributed by atoms with E-state index in [-0.39, 0.29) is 0 Å². The van der Waals surface area contributed by atoms with Crippen LogP contribution in [0.2, 0.25) is 0 Å². The van der Waals surface area contributed by atoms with Crippen LogP contribution < -0.4 is 5.32 Å². The molecule has 0 aliphatic rings. The standard InChI is InChI=1S/C9H16BrN3/c1-8(7-10)11-5-3-9-4-6-12-13(9)2/h4,6,8,11H,3,5,7H2,1-2H3. The van der Waals surface area contributed by atoms with E-state index in [1.165, 1.54) is 5.69 Å². The van der Waals surface area contributed by atoms with Crippen LogP contribution in [0, 0.1) is 0 Å². The summed E-state index contributed by atoms with van der Waals surface area (Å²) in [6, 6.07) is 2.59. The minimum Gasteiger partial charge on any atom is -0.313 e. The first-order chi connectivity index (χ1) is 6.24. The summed E-state index contributed by atoms with van der Waals surface area (Å²) in [5, 5.41) is 8.52. The average Bonchev–Trinajstić information content (AvgIpc) is 2.52. The molecule has 0 fully saturated rings. The molecule has 0 aliphatic heterocycles. The van der Waals surface area contributed by atoms with Crippen LogP contribution in [0.4, 0.5) is 0 Å². The van der Waals surface area contributed by atoms with E-state index in [0.717, 1.165) is 18.3 Å². The summed E-state index contributed by atoms with van der Waals surface area (Å²) in [7, 11) is 1.98. The van der Waals surface area contributed by atoms with Gasteiger partial charge in [-0.25, -0.2) is 0 Å². The van der Waals surface area contributed by atoms with E-state index in [2.05, 4.69) is 39.3 Å². The topological polar surface area (TPSA) is 29.9 Å². The van der Waals surface area contributed by atoms with Crippen molar-refractivity contribution >= 4 is 15.9 Å². The van der Waals surface area contributed by atoms with Gasteiger partial charge >= 0.3 is 0 Å². The quantitative estimate of drug-likeness (QED) is 0.794. The zero-order valence-corrected chi connectivity index (χ0v) is 9.71. The zero-order valence-electron chi connectivity index (χ0n) is 8.13. The van der Waals surface area contributed by atoms with Crippen molar-refractivity contribution < 1.29 is 0 Å². The Labute approximate surface area is 87.6 Å². The number of aryl methyl sites for hydroxylation is 1. The second kappa shape index (κ2) is 5.40. The SMILES string of the molecule is CC(CBr)NCCc1ccnn1C. The highest BCUT2D eigenvalue weighted by molar-refractivity contribution is 9.09. The molecule has 0 amide bonds. The first kappa shape index (κ1) is 10.7. The van der Waals surface area contributed by atoms with E-state index in [1.807, 2.05) is 17.9 Å². The third kappa shape index (κ3) is 3.48. The molecule has 1 unspecified atom stereocenters. The molecular weight excluding hydrogens is 230 g/mol. The Balaban J connectivity index is 2.24. The Morgan fingerprint density at radius 2 is 2.46 bits per heavy atom. The van der Waals surface area contributed by atoms with Gasteiger partial charge in [0.05, 0.1) is 0 Å². The summed E-state index contributed by atoms with van der Waals surface area (Å²) in [6.07, 6.45) is 2.87. The number of alkyl halides is 1. The van der Waals surface area contributed by atoms with Gasteiger partial charge < -0.3 is 5.32 Å². The first-order valence-corrected chi connectivity index (χ1v) is 5.62. The first-order valence-electron chi connectivity index (χ1n) is 4.50. The van der Waals surface area contributed by atoms with Gasteiger partial charge in [0, 0.05) is 43.3 Å². The highest BCUT2D eigenvalue weighted by atomic mass is 79.9. The number of hydrogen-bond donors (Lipinski definition) is 1. The number of hydrogen-bond acceptors (Lipinski definition) is 2. The molecule has 0 bridgehead atoms. The van der Waals surface area contributed by atoms with Gasteiger partial charge in [-0.3, -0.25) is 4.68 Å². The lowest BCUT2D eigenvalue weighted by Gasteiger charge is -2.09. The molecule has 0 aliphatic carbocycles. The fraction of sp³-hybridized carbons (Fsp3) is 0.667. The number of rotatable bonds is 5. The molecule has 1 rings (SSSR count). The molecule has 74 valence electrons. The zero-order chi connectivity index (χ0) is 9.68. The Morgan fingerprint density at radius 3 is 3.00 bits per heavy atom. The summed E-state index contributed by atoms with van der Waals surface area (Å²) in [6.45, 7) is 3.17. The molecule has 1 aromatic rings. The van der Waals surface area contributed by atoms with Gasteiger partial charge in [0.1, 0.15) is 0 Å². The van der Waals surface area contributed by atoms with Crippen LogP contribution in [0.15, 0.2) is 12.3 Å². The van der Waals surface area contributed by atoms with Crippen molar-refractivity contribution in [1.82, 2.24) is 15.1 Å². The van der Waals surface area contributed by atoms with Crippen LogP contribution in [0.1, 0.15) is 12.6 Å². The second-order valence-corrected chi connectivity index (χ2v) is 3.85. The van der Waals surface area contributed by atoms with Crippen LogP contribution in [0.25, 0.3) is 0 Å².